The standard InChI is InChI=1S/C20H22N2O3S/c1-13-6-8-14(9-7-13)17-16(18(23)15-5-4-12-26-15)19(24)20(25)22(17)11-10-21(2)3/h4-9,12,17,24H,10-11H2,1-3H3/p+1/t17-/m0/s1. The number of benzene rings is 1. The van der Waals surface area contributed by atoms with Crippen molar-refractivity contribution in [3.05, 3.63) is 69.1 Å². The smallest absolute Gasteiger partial charge is 0.290 e. The van der Waals surface area contributed by atoms with E-state index < -0.39 is 17.7 Å². The first-order valence-electron chi connectivity index (χ1n) is 8.58. The molecule has 1 atom stereocenters. The van der Waals surface area contributed by atoms with Gasteiger partial charge in [-0.25, -0.2) is 0 Å². The van der Waals surface area contributed by atoms with E-state index in [1.54, 1.807) is 17.0 Å². The fourth-order valence-corrected chi connectivity index (χ4v) is 3.77. The molecular weight excluding hydrogens is 348 g/mol. The lowest BCUT2D eigenvalue weighted by Crippen LogP contribution is -3.06. The summed E-state index contributed by atoms with van der Waals surface area (Å²) < 4.78 is 0. The van der Waals surface area contributed by atoms with Crippen molar-refractivity contribution in [3.63, 3.8) is 0 Å². The number of amides is 1. The van der Waals surface area contributed by atoms with Gasteiger partial charge in [-0.2, -0.15) is 0 Å². The minimum atomic E-state index is -0.558. The van der Waals surface area contributed by atoms with Crippen molar-refractivity contribution in [3.8, 4) is 0 Å². The normalized spacial score (nSPS) is 17.5. The van der Waals surface area contributed by atoms with Gasteiger partial charge in [0.05, 0.1) is 43.7 Å². The number of nitrogens with one attached hydrogen (secondary N) is 1. The maximum Gasteiger partial charge on any atom is 0.290 e. The fourth-order valence-electron chi connectivity index (χ4n) is 3.10. The number of likely N-dealkylation sites (N-methyl/N-ethyl adjacent to an activating group) is 1. The maximum absolute atomic E-state index is 13.0. The highest BCUT2D eigenvalue weighted by molar-refractivity contribution is 7.12. The second-order valence-corrected chi connectivity index (χ2v) is 7.79. The molecule has 2 heterocycles. The van der Waals surface area contributed by atoms with Crippen molar-refractivity contribution in [2.75, 3.05) is 27.2 Å². The second kappa shape index (κ2) is 7.43. The molecule has 1 aliphatic heterocycles. The summed E-state index contributed by atoms with van der Waals surface area (Å²) in [6.45, 7) is 3.18. The molecule has 0 saturated heterocycles. The van der Waals surface area contributed by atoms with Crippen LogP contribution < -0.4 is 4.90 Å². The van der Waals surface area contributed by atoms with Gasteiger partial charge in [0.2, 0.25) is 5.78 Å². The van der Waals surface area contributed by atoms with Crippen molar-refractivity contribution < 1.29 is 19.6 Å². The Hall–Kier alpha value is -2.44. The van der Waals surface area contributed by atoms with Gasteiger partial charge in [0.1, 0.15) is 0 Å². The summed E-state index contributed by atoms with van der Waals surface area (Å²) in [5, 5.41) is 12.3. The van der Waals surface area contributed by atoms with E-state index in [4.69, 9.17) is 0 Å². The lowest BCUT2D eigenvalue weighted by molar-refractivity contribution is -0.857. The van der Waals surface area contributed by atoms with Crippen LogP contribution in [0.2, 0.25) is 0 Å². The number of carbonyl (C=O) groups excluding carboxylic acids is 2. The van der Waals surface area contributed by atoms with E-state index >= 15 is 0 Å². The van der Waals surface area contributed by atoms with Gasteiger partial charge in [0.15, 0.2) is 5.76 Å². The molecular formula is C20H23N2O3S+. The molecule has 0 saturated carbocycles. The third-order valence-electron chi connectivity index (χ3n) is 4.54. The molecule has 0 unspecified atom stereocenters. The monoisotopic (exact) mass is 371 g/mol. The van der Waals surface area contributed by atoms with Gasteiger partial charge in [-0.3, -0.25) is 9.59 Å². The molecule has 0 fully saturated rings. The van der Waals surface area contributed by atoms with E-state index in [9.17, 15) is 14.7 Å². The Kier molecular flexibility index (Phi) is 5.25. The first-order valence-corrected chi connectivity index (χ1v) is 9.46. The second-order valence-electron chi connectivity index (χ2n) is 6.84. The molecule has 6 heteroatoms. The zero-order valence-electron chi connectivity index (χ0n) is 15.2. The number of carbonyl (C=O) groups is 2. The number of rotatable bonds is 6. The Bertz CT molecular complexity index is 838. The van der Waals surface area contributed by atoms with Crippen LogP contribution in [-0.4, -0.2) is 48.9 Å². The van der Waals surface area contributed by atoms with Gasteiger partial charge in [0, 0.05) is 0 Å². The number of quaternary nitrogens is 1. The molecule has 136 valence electrons. The number of Topliss-reactive ketones (excluding diaryl/α,β-unsaturated/α-hetero) is 1. The predicted octanol–water partition coefficient (Wildman–Crippen LogP) is 1.78. The zero-order chi connectivity index (χ0) is 18.8. The summed E-state index contributed by atoms with van der Waals surface area (Å²) in [7, 11) is 4.01. The van der Waals surface area contributed by atoms with Gasteiger partial charge >= 0.3 is 0 Å². The summed E-state index contributed by atoms with van der Waals surface area (Å²) in [5.41, 5.74) is 2.11. The molecule has 3 rings (SSSR count). The number of aliphatic hydroxyl groups excluding tert-OH is 1. The van der Waals surface area contributed by atoms with E-state index in [1.165, 1.54) is 16.2 Å². The molecule has 5 nitrogen and oxygen atoms in total. The highest BCUT2D eigenvalue weighted by Gasteiger charge is 2.44. The van der Waals surface area contributed by atoms with Crippen molar-refractivity contribution >= 4 is 23.0 Å². The molecule has 2 N–H and O–H groups in total. The van der Waals surface area contributed by atoms with Crippen LogP contribution in [-0.2, 0) is 4.79 Å². The average Bonchev–Trinajstić information content (AvgIpc) is 3.22. The van der Waals surface area contributed by atoms with Crippen molar-refractivity contribution in [2.45, 2.75) is 13.0 Å². The van der Waals surface area contributed by atoms with Gasteiger partial charge in [0.25, 0.3) is 5.91 Å². The Balaban J connectivity index is 2.05. The van der Waals surface area contributed by atoms with Gasteiger partial charge in [-0.05, 0) is 23.9 Å². The summed E-state index contributed by atoms with van der Waals surface area (Å²) >= 11 is 1.31. The molecule has 2 aromatic rings. The molecule has 0 radical (unpaired) electrons. The number of aryl methyl sites for hydroxylation is 1. The van der Waals surface area contributed by atoms with E-state index in [0.717, 1.165) is 17.7 Å². The molecule has 26 heavy (non-hydrogen) atoms. The van der Waals surface area contributed by atoms with Crippen LogP contribution in [0.1, 0.15) is 26.8 Å². The molecule has 1 aromatic carbocycles. The molecule has 0 bridgehead atoms. The van der Waals surface area contributed by atoms with Crippen molar-refractivity contribution in [2.24, 2.45) is 0 Å². The van der Waals surface area contributed by atoms with E-state index in [1.807, 2.05) is 50.7 Å². The number of nitrogens with zero attached hydrogens (tertiary/aromatic N) is 1. The average molecular weight is 371 g/mol. The quantitative estimate of drug-likeness (QED) is 0.761. The number of hydrogen-bond donors (Lipinski definition) is 2. The Morgan fingerprint density at radius 1 is 1.23 bits per heavy atom. The zero-order valence-corrected chi connectivity index (χ0v) is 16.0. The number of aliphatic hydroxyl groups is 1. The highest BCUT2D eigenvalue weighted by atomic mass is 32.1. The maximum atomic E-state index is 13.0. The third-order valence-corrected chi connectivity index (χ3v) is 5.41. The van der Waals surface area contributed by atoms with Crippen LogP contribution in [0.3, 0.4) is 0 Å². The SMILES string of the molecule is Cc1ccc([C@H]2C(C(=O)c3cccs3)=C(O)C(=O)N2CC[NH+](C)C)cc1. The third kappa shape index (κ3) is 3.43. The summed E-state index contributed by atoms with van der Waals surface area (Å²) in [5.74, 6) is -1.18. The van der Waals surface area contributed by atoms with Gasteiger partial charge < -0.3 is 14.9 Å². The summed E-state index contributed by atoms with van der Waals surface area (Å²) in [6, 6.07) is 10.7. The fraction of sp³-hybridized carbons (Fsp3) is 0.300. The minimum absolute atomic E-state index is 0.176. The highest BCUT2D eigenvalue weighted by Crippen LogP contribution is 2.39. The lowest BCUT2D eigenvalue weighted by atomic mass is 9.95. The van der Waals surface area contributed by atoms with Crippen molar-refractivity contribution in [1.29, 1.82) is 0 Å². The first-order chi connectivity index (χ1) is 12.4. The topological polar surface area (TPSA) is 62.0 Å². The van der Waals surface area contributed by atoms with Crippen LogP contribution in [0.5, 0.6) is 0 Å². The molecule has 1 amide bonds. The van der Waals surface area contributed by atoms with Crippen LogP contribution >= 0.6 is 11.3 Å². The predicted molar refractivity (Wildman–Crippen MR) is 102 cm³/mol. The molecule has 0 spiro atoms. The lowest BCUT2D eigenvalue weighted by Gasteiger charge is -2.27. The molecule has 1 aromatic heterocycles. The van der Waals surface area contributed by atoms with Crippen LogP contribution in [0, 0.1) is 6.92 Å². The van der Waals surface area contributed by atoms with E-state index in [2.05, 4.69) is 0 Å². The number of hydrogen-bond acceptors (Lipinski definition) is 4. The Labute approximate surface area is 157 Å². The Morgan fingerprint density at radius 2 is 1.92 bits per heavy atom. The van der Waals surface area contributed by atoms with E-state index in [0.29, 0.717) is 11.4 Å². The number of ketones is 1. The first kappa shape index (κ1) is 18.4. The van der Waals surface area contributed by atoms with Crippen molar-refractivity contribution in [1.82, 2.24) is 4.90 Å². The van der Waals surface area contributed by atoms with Gasteiger partial charge in [-0.1, -0.05) is 35.9 Å². The molecule has 1 aliphatic rings. The summed E-state index contributed by atoms with van der Waals surface area (Å²) in [6.07, 6.45) is 0. The number of thiophene rings is 1. The van der Waals surface area contributed by atoms with Crippen LogP contribution in [0.4, 0.5) is 0 Å². The minimum Gasteiger partial charge on any atom is -0.503 e. The Morgan fingerprint density at radius 3 is 2.50 bits per heavy atom. The largest absolute Gasteiger partial charge is 0.503 e. The van der Waals surface area contributed by atoms with Crippen LogP contribution in [0.15, 0.2) is 53.1 Å². The van der Waals surface area contributed by atoms with E-state index in [-0.39, 0.29) is 11.4 Å². The molecule has 0 aliphatic carbocycles. The van der Waals surface area contributed by atoms with Gasteiger partial charge in [-0.15, -0.1) is 11.3 Å². The summed E-state index contributed by atoms with van der Waals surface area (Å²) in [4.78, 5) is 29.0. The van der Waals surface area contributed by atoms with Crippen LogP contribution in [0.25, 0.3) is 0 Å².